The Labute approximate surface area is 418 Å². The Bertz CT molecular complexity index is 2480. The van der Waals surface area contributed by atoms with Crippen molar-refractivity contribution in [3.63, 3.8) is 0 Å². The topological polar surface area (TPSA) is 75.2 Å². The van der Waals surface area contributed by atoms with Crippen LogP contribution in [0.4, 0.5) is 40.3 Å². The number of aromatic nitrogens is 2. The molecule has 0 N–H and O–H groups in total. The Morgan fingerprint density at radius 2 is 0.750 bits per heavy atom. The van der Waals surface area contributed by atoms with Crippen LogP contribution in [0, 0.1) is 37.1 Å². The van der Waals surface area contributed by atoms with Gasteiger partial charge in [-0.15, -0.1) is 0 Å². The van der Waals surface area contributed by atoms with Gasteiger partial charge in [-0.2, -0.15) is 0 Å². The molecule has 0 aliphatic rings. The maximum absolute atomic E-state index is 13.8. The predicted octanol–water partition coefficient (Wildman–Crippen LogP) is 17.3. The Morgan fingerprint density at radius 1 is 0.453 bits per heavy atom. The zero-order chi connectivity index (χ0) is 47.7. The number of aliphatic imine (C=N–C) groups is 4. The van der Waals surface area contributed by atoms with E-state index in [2.05, 4.69) is 25.0 Å². The fourth-order valence-corrected chi connectivity index (χ4v) is 6.69. The van der Waals surface area contributed by atoms with Crippen molar-refractivity contribution in [1.82, 2.24) is 9.97 Å². The number of hydrogen-bond acceptors (Lipinski definition) is 6. The Hall–Kier alpha value is -3.06. The minimum absolute atomic E-state index is 0.00937. The summed E-state index contributed by atoms with van der Waals surface area (Å²) in [4.78, 5) is 26.8. The molecule has 64 heavy (non-hydrogen) atoms. The van der Waals surface area contributed by atoms with E-state index in [9.17, 15) is 17.6 Å². The zero-order valence-corrected chi connectivity index (χ0v) is 42.4. The molecule has 6 rings (SSSR count). The summed E-state index contributed by atoms with van der Waals surface area (Å²) in [5.41, 5.74) is 7.79. The molecular weight excluding hydrogens is 1080 g/mol. The molecule has 0 saturated heterocycles. The van der Waals surface area contributed by atoms with E-state index in [1.54, 1.807) is 44.2 Å². The van der Waals surface area contributed by atoms with Crippen LogP contribution < -0.4 is 0 Å². The van der Waals surface area contributed by atoms with Crippen LogP contribution in [0.25, 0.3) is 0 Å². The fraction of sp³-hybridized carbons (Fsp3) is 0.136. The number of hydrogen-bond donors (Lipinski definition) is 0. The molecule has 20 heteroatoms. The van der Waals surface area contributed by atoms with E-state index in [1.165, 1.54) is 12.1 Å². The average molecular weight is 1120 g/mol. The first-order chi connectivity index (χ1) is 30.3. The molecule has 0 aliphatic heterocycles. The Balaban J connectivity index is 0.000000304. The number of nitrogens with zero attached hydrogens (tertiary/aromatic N) is 6. The van der Waals surface area contributed by atoms with Crippen LogP contribution in [0.3, 0.4) is 0 Å². The first kappa shape index (κ1) is 55.3. The van der Waals surface area contributed by atoms with Gasteiger partial charge < -0.3 is 0 Å². The van der Waals surface area contributed by atoms with Gasteiger partial charge in [0.05, 0.1) is 78.4 Å². The van der Waals surface area contributed by atoms with Crippen LogP contribution in [0.5, 0.6) is 0 Å². The van der Waals surface area contributed by atoms with Crippen LogP contribution in [0.1, 0.15) is 61.6 Å². The molecule has 0 radical (unpaired) electrons. The van der Waals surface area contributed by atoms with Gasteiger partial charge >= 0.3 is 66.7 Å². The van der Waals surface area contributed by atoms with Gasteiger partial charge in [-0.25, -0.2) is 47.5 Å². The Morgan fingerprint density at radius 3 is 1.03 bits per heavy atom. The standard InChI is InChI=1S/C23H19Cl4N3.C21H15F4N3.4ClH.2Fe/c1-12-8-16(24)10-18(26)22(12)28-14(3)20-6-5-7-21(30-20)15(4)29-23-13(2)9-17(25)11-19(23)27;1-12(26-20-8-6-14(22)10-16(20)24)18-4-3-5-19(28-18)13(2)27-21-9-7-15(23)11-17(21)25;;;;;;/h5-11H,1-4H3;3-11H,1-2H3;4*1H;;/q;;;;;;2*+2/p-4. The van der Waals surface area contributed by atoms with Crippen molar-refractivity contribution in [3.8, 4) is 0 Å². The molecule has 0 fully saturated rings. The number of aryl methyl sites for hydroxylation is 2. The van der Waals surface area contributed by atoms with Gasteiger partial charge in [-0.1, -0.05) is 58.5 Å². The molecule has 6 nitrogen and oxygen atoms in total. The van der Waals surface area contributed by atoms with Gasteiger partial charge in [0.1, 0.15) is 11.6 Å². The summed E-state index contributed by atoms with van der Waals surface area (Å²) in [7, 11) is 19.1. The van der Waals surface area contributed by atoms with Gasteiger partial charge in [0, 0.05) is 22.2 Å². The van der Waals surface area contributed by atoms with Crippen molar-refractivity contribution < 1.29 is 43.8 Å². The third kappa shape index (κ3) is 17.3. The van der Waals surface area contributed by atoms with Crippen LogP contribution >= 0.6 is 86.8 Å². The molecule has 0 unspecified atom stereocenters. The van der Waals surface area contributed by atoms with E-state index >= 15 is 0 Å². The molecule has 2 heterocycles. The summed E-state index contributed by atoms with van der Waals surface area (Å²) in [5, 5.41) is 2.16. The third-order valence-electron chi connectivity index (χ3n) is 8.37. The van der Waals surface area contributed by atoms with Crippen molar-refractivity contribution in [1.29, 1.82) is 0 Å². The van der Waals surface area contributed by atoms with Crippen LogP contribution in [-0.2, 0) is 26.3 Å². The number of halogens is 12. The molecular formula is C44H34Cl8F4Fe2N6. The molecule has 0 spiro atoms. The maximum atomic E-state index is 13.8. The van der Waals surface area contributed by atoms with Crippen LogP contribution in [-0.4, -0.2) is 32.8 Å². The number of rotatable bonds is 8. The first-order valence-electron chi connectivity index (χ1n) is 18.0. The molecule has 4 aromatic carbocycles. The monoisotopic (exact) mass is 1110 g/mol. The second kappa shape index (κ2) is 27.5. The molecule has 6 aromatic rings. The Kier molecular flexibility index (Phi) is 23.8. The minimum atomic E-state index is -0.778. The summed E-state index contributed by atoms with van der Waals surface area (Å²) in [6.45, 7) is 10.9. The summed E-state index contributed by atoms with van der Waals surface area (Å²) >= 11 is 25.1. The SMILES string of the molecule is CC(=Nc1c(C)cc(Cl)cc1Cl)c1cccc(C(C)=Nc2c(C)cc(Cl)cc2Cl)n1.CC(=Nc1ccc(F)cc1F)c1cccc(C(C)=Nc2ccc(F)cc2F)n1.[Cl][Fe][Cl].[Cl][Fe][Cl]. The molecule has 0 bridgehead atoms. The van der Waals surface area contributed by atoms with Gasteiger partial charge in [0.2, 0.25) is 0 Å². The molecule has 2 aromatic heterocycles. The fourth-order valence-electron chi connectivity index (χ4n) is 5.42. The van der Waals surface area contributed by atoms with E-state index in [-0.39, 0.29) is 37.6 Å². The predicted molar refractivity (Wildman–Crippen MR) is 254 cm³/mol. The van der Waals surface area contributed by atoms with E-state index in [0.29, 0.717) is 54.3 Å². The summed E-state index contributed by atoms with van der Waals surface area (Å²) in [5.74, 6) is -2.93. The van der Waals surface area contributed by atoms with E-state index in [4.69, 9.17) is 91.8 Å². The van der Waals surface area contributed by atoms with Crippen molar-refractivity contribution in [2.75, 3.05) is 0 Å². The normalized spacial score (nSPS) is 11.9. The first-order valence-corrected chi connectivity index (χ1v) is 25.6. The molecule has 0 saturated carbocycles. The quantitative estimate of drug-likeness (QED) is 0.0865. The number of benzene rings is 4. The van der Waals surface area contributed by atoms with Gasteiger partial charge in [0.25, 0.3) is 0 Å². The second-order valence-electron chi connectivity index (χ2n) is 13.0. The summed E-state index contributed by atoms with van der Waals surface area (Å²) < 4.78 is 53.6. The van der Waals surface area contributed by atoms with Crippen molar-refractivity contribution >= 4 is 132 Å². The molecule has 0 amide bonds. The van der Waals surface area contributed by atoms with E-state index in [0.717, 1.165) is 58.2 Å². The van der Waals surface area contributed by atoms with Crippen molar-refractivity contribution in [2.24, 2.45) is 20.0 Å². The van der Waals surface area contributed by atoms with Crippen molar-refractivity contribution in [2.45, 2.75) is 41.5 Å². The van der Waals surface area contributed by atoms with E-state index < -0.39 is 23.3 Å². The third-order valence-corrected chi connectivity index (χ3v) is 9.39. The average Bonchev–Trinajstić information content (AvgIpc) is 3.23. The van der Waals surface area contributed by atoms with Crippen LogP contribution in [0.2, 0.25) is 20.1 Å². The number of pyridine rings is 2. The zero-order valence-electron chi connectivity index (χ0n) is 34.2. The van der Waals surface area contributed by atoms with Crippen molar-refractivity contribution in [3.05, 3.63) is 174 Å². The summed E-state index contributed by atoms with van der Waals surface area (Å²) in [6, 6.07) is 24.0. The molecule has 340 valence electrons. The van der Waals surface area contributed by atoms with Gasteiger partial charge in [-0.05, 0) is 125 Å². The van der Waals surface area contributed by atoms with Gasteiger partial charge in [-0.3, -0.25) is 0 Å². The van der Waals surface area contributed by atoms with Crippen LogP contribution in [0.15, 0.2) is 117 Å². The van der Waals surface area contributed by atoms with E-state index in [1.807, 2.05) is 58.0 Å². The molecule has 0 atom stereocenters. The summed E-state index contributed by atoms with van der Waals surface area (Å²) in [6.07, 6.45) is 0. The second-order valence-corrected chi connectivity index (χ2v) is 18.3. The van der Waals surface area contributed by atoms with Gasteiger partial charge in [0.15, 0.2) is 11.6 Å². The molecule has 0 aliphatic carbocycles.